The second-order valence-electron chi connectivity index (χ2n) is 4.48. The van der Waals surface area contributed by atoms with Crippen LogP contribution < -0.4 is 10.4 Å². The smallest absolute Gasteiger partial charge is 0.138 e. The summed E-state index contributed by atoms with van der Waals surface area (Å²) in [6.07, 6.45) is 3.90. The van der Waals surface area contributed by atoms with Crippen LogP contribution in [0.15, 0.2) is 6.33 Å². The first kappa shape index (κ1) is 15.1. The van der Waals surface area contributed by atoms with Crippen molar-refractivity contribution < 1.29 is 9.90 Å². The number of thiophene rings is 1. The average Bonchev–Trinajstić information content (AvgIpc) is 2.70. The second kappa shape index (κ2) is 6.41. The molecule has 0 aliphatic rings. The van der Waals surface area contributed by atoms with Crippen LogP contribution in [0.25, 0.3) is 10.2 Å². The summed E-state index contributed by atoms with van der Waals surface area (Å²) in [6, 6.07) is -0.736. The molecule has 0 unspecified atom stereocenters. The molecular weight excluding hydrogens is 294 g/mol. The second-order valence-corrected chi connectivity index (χ2v) is 6.67. The number of anilines is 1. The standard InChI is InChI=1S/C13H17N3O2S2/c1-7-8(2)20-12-10(7)11(14-6-15-12)16-9(13(17)18)4-5-19-3/h6,9H,4-5H2,1-3H3,(H,17,18)(H,14,15,16)/p-1/t9-/m0/s1. The van der Waals surface area contributed by atoms with E-state index in [0.717, 1.165) is 26.4 Å². The van der Waals surface area contributed by atoms with Gasteiger partial charge in [0.2, 0.25) is 0 Å². The predicted molar refractivity (Wildman–Crippen MR) is 82.3 cm³/mol. The molecule has 0 bridgehead atoms. The van der Waals surface area contributed by atoms with Gasteiger partial charge in [-0.25, -0.2) is 9.97 Å². The van der Waals surface area contributed by atoms with Crippen molar-refractivity contribution in [1.82, 2.24) is 9.97 Å². The van der Waals surface area contributed by atoms with Gasteiger partial charge >= 0.3 is 0 Å². The third-order valence-corrected chi connectivity index (χ3v) is 4.93. The molecule has 0 saturated carbocycles. The van der Waals surface area contributed by atoms with Crippen molar-refractivity contribution in [3.63, 3.8) is 0 Å². The van der Waals surface area contributed by atoms with Crippen LogP contribution >= 0.6 is 23.1 Å². The lowest BCUT2D eigenvalue weighted by atomic mass is 10.2. The first-order valence-corrected chi connectivity index (χ1v) is 8.42. The highest BCUT2D eigenvalue weighted by Gasteiger charge is 2.16. The molecule has 1 N–H and O–H groups in total. The van der Waals surface area contributed by atoms with Crippen LogP contribution in [-0.4, -0.2) is 34.0 Å². The van der Waals surface area contributed by atoms with Crippen molar-refractivity contribution >= 4 is 45.1 Å². The van der Waals surface area contributed by atoms with E-state index >= 15 is 0 Å². The number of thioether (sulfide) groups is 1. The first-order chi connectivity index (χ1) is 9.54. The molecule has 2 rings (SSSR count). The van der Waals surface area contributed by atoms with Crippen LogP contribution in [0.1, 0.15) is 16.9 Å². The van der Waals surface area contributed by atoms with Gasteiger partial charge < -0.3 is 15.2 Å². The summed E-state index contributed by atoms with van der Waals surface area (Å²) in [6.45, 7) is 4.02. The number of rotatable bonds is 6. The van der Waals surface area contributed by atoms with Gasteiger partial charge in [0.05, 0.1) is 17.4 Å². The van der Waals surface area contributed by atoms with Crippen LogP contribution in [0.4, 0.5) is 5.82 Å². The summed E-state index contributed by atoms with van der Waals surface area (Å²) in [7, 11) is 0. The zero-order valence-electron chi connectivity index (χ0n) is 11.6. The van der Waals surface area contributed by atoms with Crippen LogP contribution in [0.5, 0.6) is 0 Å². The number of carbonyl (C=O) groups is 1. The molecule has 0 aliphatic heterocycles. The Balaban J connectivity index is 2.34. The Hall–Kier alpha value is -1.34. The predicted octanol–water partition coefficient (Wildman–Crippen LogP) is 1.59. The Morgan fingerprint density at radius 1 is 1.50 bits per heavy atom. The van der Waals surface area contributed by atoms with Gasteiger partial charge in [-0.3, -0.25) is 0 Å². The fourth-order valence-corrected chi connectivity index (χ4v) is 3.41. The number of aliphatic carboxylic acids is 1. The summed E-state index contributed by atoms with van der Waals surface area (Å²) in [5.74, 6) is 0.226. The largest absolute Gasteiger partial charge is 0.548 e. The summed E-state index contributed by atoms with van der Waals surface area (Å²) < 4.78 is 0. The van der Waals surface area contributed by atoms with Gasteiger partial charge in [-0.1, -0.05) is 0 Å². The van der Waals surface area contributed by atoms with E-state index < -0.39 is 12.0 Å². The average molecular weight is 310 g/mol. The number of nitrogens with zero attached hydrogens (tertiary/aromatic N) is 2. The molecule has 20 heavy (non-hydrogen) atoms. The molecule has 0 amide bonds. The molecule has 0 spiro atoms. The van der Waals surface area contributed by atoms with Gasteiger partial charge in [0, 0.05) is 4.88 Å². The number of hydrogen-bond acceptors (Lipinski definition) is 7. The van der Waals surface area contributed by atoms with Crippen molar-refractivity contribution in [2.75, 3.05) is 17.3 Å². The van der Waals surface area contributed by atoms with E-state index in [-0.39, 0.29) is 0 Å². The molecule has 1 atom stereocenters. The molecule has 0 radical (unpaired) electrons. The number of carbonyl (C=O) groups excluding carboxylic acids is 1. The van der Waals surface area contributed by atoms with E-state index in [1.54, 1.807) is 23.1 Å². The van der Waals surface area contributed by atoms with Gasteiger partial charge in [-0.05, 0) is 37.8 Å². The van der Waals surface area contributed by atoms with E-state index in [9.17, 15) is 9.90 Å². The molecule has 0 aliphatic carbocycles. The van der Waals surface area contributed by atoms with E-state index in [4.69, 9.17) is 0 Å². The Morgan fingerprint density at radius 2 is 2.25 bits per heavy atom. The minimum atomic E-state index is -1.10. The van der Waals surface area contributed by atoms with Gasteiger partial charge in [0.25, 0.3) is 0 Å². The third-order valence-electron chi connectivity index (χ3n) is 3.17. The lowest BCUT2D eigenvalue weighted by Crippen LogP contribution is -2.41. The highest BCUT2D eigenvalue weighted by atomic mass is 32.2. The van der Waals surface area contributed by atoms with Crippen molar-refractivity contribution in [2.45, 2.75) is 26.3 Å². The number of carboxylic acid groups (broad SMARTS) is 1. The lowest BCUT2D eigenvalue weighted by molar-refractivity contribution is -0.306. The Bertz CT molecular complexity index is 627. The Labute approximate surface area is 125 Å². The van der Waals surface area contributed by atoms with Crippen molar-refractivity contribution in [1.29, 1.82) is 0 Å². The molecule has 0 aromatic carbocycles. The fourth-order valence-electron chi connectivity index (χ4n) is 1.94. The molecule has 7 heteroatoms. The fraction of sp³-hybridized carbons (Fsp3) is 0.462. The zero-order valence-corrected chi connectivity index (χ0v) is 13.2. The van der Waals surface area contributed by atoms with Crippen molar-refractivity contribution in [3.8, 4) is 0 Å². The van der Waals surface area contributed by atoms with Crippen LogP contribution in [0.3, 0.4) is 0 Å². The molecule has 2 aromatic heterocycles. The maximum absolute atomic E-state index is 11.2. The van der Waals surface area contributed by atoms with Gasteiger partial charge in [0.1, 0.15) is 17.0 Å². The maximum Gasteiger partial charge on any atom is 0.138 e. The quantitative estimate of drug-likeness (QED) is 0.873. The number of nitrogens with one attached hydrogen (secondary N) is 1. The topological polar surface area (TPSA) is 77.9 Å². The Morgan fingerprint density at radius 3 is 2.90 bits per heavy atom. The molecular formula is C13H16N3O2S2-. The van der Waals surface area contributed by atoms with Crippen LogP contribution in [0, 0.1) is 13.8 Å². The highest BCUT2D eigenvalue weighted by Crippen LogP contribution is 2.32. The van der Waals surface area contributed by atoms with E-state index in [0.29, 0.717) is 12.2 Å². The van der Waals surface area contributed by atoms with Gasteiger partial charge in [-0.15, -0.1) is 11.3 Å². The van der Waals surface area contributed by atoms with E-state index in [1.807, 2.05) is 20.1 Å². The van der Waals surface area contributed by atoms with Crippen molar-refractivity contribution in [3.05, 3.63) is 16.8 Å². The van der Waals surface area contributed by atoms with Gasteiger partial charge in [-0.2, -0.15) is 11.8 Å². The lowest BCUT2D eigenvalue weighted by Gasteiger charge is -2.20. The third kappa shape index (κ3) is 3.04. The summed E-state index contributed by atoms with van der Waals surface area (Å²) in [5, 5.41) is 15.1. The molecule has 2 heterocycles. The Kier molecular flexibility index (Phi) is 4.82. The SMILES string of the molecule is CSCC[C@H](Nc1ncnc2sc(C)c(C)c12)C(=O)[O-]. The summed E-state index contributed by atoms with van der Waals surface area (Å²) in [5.41, 5.74) is 1.09. The minimum Gasteiger partial charge on any atom is -0.548 e. The number of fused-ring (bicyclic) bond motifs is 1. The van der Waals surface area contributed by atoms with Gasteiger partial charge in [0.15, 0.2) is 0 Å². The monoisotopic (exact) mass is 310 g/mol. The highest BCUT2D eigenvalue weighted by molar-refractivity contribution is 7.98. The van der Waals surface area contributed by atoms with Crippen molar-refractivity contribution in [2.24, 2.45) is 0 Å². The number of aromatic nitrogens is 2. The number of carboxylic acids is 1. The molecule has 0 saturated heterocycles. The van der Waals surface area contributed by atoms with E-state index in [2.05, 4.69) is 15.3 Å². The number of hydrogen-bond donors (Lipinski definition) is 1. The number of aryl methyl sites for hydroxylation is 2. The zero-order chi connectivity index (χ0) is 14.7. The maximum atomic E-state index is 11.2. The van der Waals surface area contributed by atoms with E-state index in [1.165, 1.54) is 6.33 Å². The van der Waals surface area contributed by atoms with Crippen LogP contribution in [0.2, 0.25) is 0 Å². The summed E-state index contributed by atoms with van der Waals surface area (Å²) in [4.78, 5) is 21.7. The molecule has 2 aromatic rings. The normalized spacial score (nSPS) is 12.6. The minimum absolute atomic E-state index is 0.497. The summed E-state index contributed by atoms with van der Waals surface area (Å²) >= 11 is 3.19. The molecule has 0 fully saturated rings. The molecule has 108 valence electrons. The first-order valence-electron chi connectivity index (χ1n) is 6.21. The molecule has 5 nitrogen and oxygen atoms in total. The van der Waals surface area contributed by atoms with Crippen LogP contribution in [-0.2, 0) is 4.79 Å².